The molecule has 0 aliphatic carbocycles. The zero-order valence-electron chi connectivity index (χ0n) is 6.69. The van der Waals surface area contributed by atoms with E-state index in [2.05, 4.69) is 9.05 Å². The molecular weight excluding hydrogens is 241 g/mol. The Bertz CT molecular complexity index is 172. The highest BCUT2D eigenvalue weighted by molar-refractivity contribution is 7.60. The third-order valence-corrected chi connectivity index (χ3v) is 2.68. The third-order valence-electron chi connectivity index (χ3n) is 0.892. The van der Waals surface area contributed by atoms with Crippen molar-refractivity contribution < 1.29 is 40.3 Å². The van der Waals surface area contributed by atoms with E-state index in [4.69, 9.17) is 4.89 Å². The second-order valence-corrected chi connectivity index (χ2v) is 4.30. The van der Waals surface area contributed by atoms with Crippen LogP contribution in [0.3, 0.4) is 0 Å². The summed E-state index contributed by atoms with van der Waals surface area (Å²) in [5.74, 6) is 0. The summed E-state index contributed by atoms with van der Waals surface area (Å²) in [6.07, 6.45) is -11.7. The van der Waals surface area contributed by atoms with Gasteiger partial charge in [0, 0.05) is 0 Å². The van der Waals surface area contributed by atoms with Gasteiger partial charge >= 0.3 is 20.7 Å². The van der Waals surface area contributed by atoms with Crippen LogP contribution < -0.4 is 0 Å². The summed E-state index contributed by atoms with van der Waals surface area (Å²) in [7, 11) is -4.94. The molecule has 0 bridgehead atoms. The van der Waals surface area contributed by atoms with Crippen molar-refractivity contribution in [3.05, 3.63) is 0 Å². The van der Waals surface area contributed by atoms with E-state index in [0.29, 0.717) is 0 Å². The zero-order valence-corrected chi connectivity index (χ0v) is 7.58. The first-order chi connectivity index (χ1) is 5.97. The van der Waals surface area contributed by atoms with E-state index < -0.39 is 26.8 Å². The Hall–Kier alpha value is -0.110. The molecule has 3 nitrogen and oxygen atoms in total. The average molecular weight is 247 g/mol. The highest BCUT2D eigenvalue weighted by Crippen LogP contribution is 2.62. The molecule has 0 radical (unpaired) electrons. The number of halogens is 6. The molecule has 0 aromatic heterocycles. The molecule has 0 saturated carbocycles. The third kappa shape index (κ3) is 6.36. The van der Waals surface area contributed by atoms with Gasteiger partial charge in [0.05, 0.1) is 0 Å². The first-order valence-electron chi connectivity index (χ1n) is 3.13. The van der Waals surface area contributed by atoms with Crippen LogP contribution in [0.1, 0.15) is 6.92 Å². The molecule has 0 aliphatic heterocycles. The van der Waals surface area contributed by atoms with Gasteiger partial charge in [-0.05, 0) is 6.92 Å². The highest BCUT2D eigenvalue weighted by Gasteiger charge is 2.58. The Balaban J connectivity index is 4.49. The topological polar surface area (TPSA) is 38.7 Å². The Morgan fingerprint density at radius 1 is 1.00 bits per heavy atom. The van der Waals surface area contributed by atoms with Gasteiger partial charge in [0.2, 0.25) is 0 Å². The van der Waals surface area contributed by atoms with Crippen LogP contribution in [0, 0.1) is 0 Å². The summed E-state index contributed by atoms with van der Waals surface area (Å²) < 4.78 is 74.8. The molecule has 0 fully saturated rings. The molecule has 1 N–H and O–H groups in total. The molecule has 0 rings (SSSR count). The Kier molecular flexibility index (Phi) is 4.14. The maximum atomic E-state index is 11.5. The van der Waals surface area contributed by atoms with Crippen molar-refractivity contribution in [2.45, 2.75) is 19.6 Å². The van der Waals surface area contributed by atoms with Crippen molar-refractivity contribution in [1.29, 1.82) is 0 Å². The van der Waals surface area contributed by atoms with Gasteiger partial charge in [-0.25, -0.2) is 0 Å². The predicted octanol–water partition coefficient (Wildman–Crippen LogP) is 2.83. The number of hydrogen-bond acceptors (Lipinski definition) is 3. The van der Waals surface area contributed by atoms with Crippen LogP contribution in [0.4, 0.5) is 26.3 Å². The molecule has 10 heteroatoms. The van der Waals surface area contributed by atoms with E-state index in [9.17, 15) is 26.3 Å². The monoisotopic (exact) mass is 247 g/mol. The fourth-order valence-electron chi connectivity index (χ4n) is 0.471. The van der Waals surface area contributed by atoms with Crippen molar-refractivity contribution in [1.82, 2.24) is 0 Å². The Morgan fingerprint density at radius 2 is 1.29 bits per heavy atom. The maximum Gasteiger partial charge on any atom is 0.561 e. The van der Waals surface area contributed by atoms with Gasteiger partial charge in [0.1, 0.15) is 6.16 Å². The molecule has 0 spiro atoms. The smallest absolute Gasteiger partial charge is 0.192 e. The minimum Gasteiger partial charge on any atom is -0.192 e. The van der Waals surface area contributed by atoms with Gasteiger partial charge in [-0.15, -0.1) is 26.3 Å². The van der Waals surface area contributed by atoms with Crippen LogP contribution in [-0.4, -0.2) is 23.8 Å². The van der Waals surface area contributed by atoms with E-state index in [1.54, 1.807) is 0 Å². The first-order valence-corrected chi connectivity index (χ1v) is 4.89. The van der Waals surface area contributed by atoms with Crippen LogP contribution in [0.5, 0.6) is 0 Å². The molecule has 86 valence electrons. The molecular formula is C4H6F6O3P+. The maximum absolute atomic E-state index is 11.5. The van der Waals surface area contributed by atoms with Crippen molar-refractivity contribution in [3.63, 3.8) is 0 Å². The lowest BCUT2D eigenvalue weighted by atomic mass is 11.0. The fraction of sp³-hybridized carbons (Fsp3) is 1.00. The van der Waals surface area contributed by atoms with Gasteiger partial charge < -0.3 is 0 Å². The lowest BCUT2D eigenvalue weighted by Gasteiger charge is -2.16. The van der Waals surface area contributed by atoms with Gasteiger partial charge in [-0.2, -0.15) is 4.89 Å². The molecule has 0 amide bonds. The van der Waals surface area contributed by atoms with Gasteiger partial charge in [-0.1, -0.05) is 9.05 Å². The molecule has 0 heterocycles. The van der Waals surface area contributed by atoms with Crippen molar-refractivity contribution in [2.24, 2.45) is 0 Å². The minimum absolute atomic E-state index is 0.880. The lowest BCUT2D eigenvalue weighted by Crippen LogP contribution is -2.22. The van der Waals surface area contributed by atoms with Crippen LogP contribution in [0.2, 0.25) is 0 Å². The normalized spacial score (nSPS) is 14.6. The molecule has 0 unspecified atom stereocenters. The molecule has 14 heavy (non-hydrogen) atoms. The van der Waals surface area contributed by atoms with E-state index in [1.165, 1.54) is 0 Å². The second kappa shape index (κ2) is 4.18. The summed E-state index contributed by atoms with van der Waals surface area (Å²) in [5.41, 5.74) is 0. The molecule has 0 saturated heterocycles. The second-order valence-electron chi connectivity index (χ2n) is 2.03. The van der Waals surface area contributed by atoms with Crippen molar-refractivity contribution in [2.75, 3.05) is 6.16 Å². The van der Waals surface area contributed by atoms with E-state index in [0.717, 1.165) is 6.92 Å². The van der Waals surface area contributed by atoms with Crippen molar-refractivity contribution >= 4 is 7.94 Å². The minimum atomic E-state index is -5.37. The van der Waals surface area contributed by atoms with E-state index in [1.807, 2.05) is 0 Å². The number of rotatable bonds is 3. The summed E-state index contributed by atoms with van der Waals surface area (Å²) in [5, 5.41) is 0. The standard InChI is InChI=1S/C4H6F6O3P/c1-2-14(11,12-3(5,6)7)13-4(8,9)10/h11H,2H2,1H3/q+1. The predicted molar refractivity (Wildman–Crippen MR) is 34.0 cm³/mol. The van der Waals surface area contributed by atoms with Crippen LogP contribution in [-0.2, 0) is 9.05 Å². The molecule has 0 atom stereocenters. The molecule has 0 aliphatic rings. The summed E-state index contributed by atoms with van der Waals surface area (Å²) >= 11 is 0. The average Bonchev–Trinajstić information content (AvgIpc) is 1.78. The Labute approximate surface area is 75.2 Å². The molecule has 0 aromatic carbocycles. The zero-order chi connectivity index (χ0) is 11.6. The number of hydrogen-bond donors (Lipinski definition) is 1. The van der Waals surface area contributed by atoms with Crippen molar-refractivity contribution in [3.8, 4) is 0 Å². The Morgan fingerprint density at radius 3 is 1.43 bits per heavy atom. The largest absolute Gasteiger partial charge is 0.561 e. The van der Waals surface area contributed by atoms with Crippen LogP contribution in [0.15, 0.2) is 0 Å². The molecule has 0 aromatic rings. The summed E-state index contributed by atoms with van der Waals surface area (Å²) in [6.45, 7) is 0.880. The van der Waals surface area contributed by atoms with Gasteiger partial charge in [0.25, 0.3) is 0 Å². The summed E-state index contributed by atoms with van der Waals surface area (Å²) in [4.78, 5) is 8.72. The van der Waals surface area contributed by atoms with Gasteiger partial charge in [0.15, 0.2) is 0 Å². The SMILES string of the molecule is CC[P+](O)(OC(F)(F)F)OC(F)(F)F. The quantitative estimate of drug-likeness (QED) is 0.615. The van der Waals surface area contributed by atoms with Gasteiger partial charge in [-0.3, -0.25) is 0 Å². The fourth-order valence-corrected chi connectivity index (χ4v) is 1.41. The lowest BCUT2D eigenvalue weighted by molar-refractivity contribution is -0.312. The van der Waals surface area contributed by atoms with E-state index in [-0.39, 0.29) is 0 Å². The number of alkyl halides is 6. The first kappa shape index (κ1) is 13.9. The van der Waals surface area contributed by atoms with Crippen LogP contribution in [0.25, 0.3) is 0 Å². The van der Waals surface area contributed by atoms with E-state index >= 15 is 0 Å². The summed E-state index contributed by atoms with van der Waals surface area (Å²) in [6, 6.07) is 0. The van der Waals surface area contributed by atoms with Crippen LogP contribution >= 0.6 is 7.94 Å². The highest BCUT2D eigenvalue weighted by atomic mass is 31.2.